The van der Waals surface area contributed by atoms with Gasteiger partial charge in [-0.05, 0) is 36.4 Å². The number of para-hydroxylation sites is 1. The number of halogens is 2. The summed E-state index contributed by atoms with van der Waals surface area (Å²) in [4.78, 5) is 30.5. The number of hydrazine groups is 1. The molecule has 0 radical (unpaired) electrons. The molecule has 2 aromatic carbocycles. The van der Waals surface area contributed by atoms with E-state index in [0.29, 0.717) is 5.56 Å². The van der Waals surface area contributed by atoms with Crippen molar-refractivity contribution in [3.63, 3.8) is 0 Å². The second-order valence-electron chi connectivity index (χ2n) is 5.37. The van der Waals surface area contributed by atoms with E-state index in [2.05, 4.69) is 42.1 Å². The maximum Gasteiger partial charge on any atom is 0.355 e. The average molecular weight is 447 g/mol. The molecule has 0 bridgehead atoms. The summed E-state index contributed by atoms with van der Waals surface area (Å²) in [5.74, 6) is -1.62. The van der Waals surface area contributed by atoms with Gasteiger partial charge in [0.1, 0.15) is 12.1 Å². The Morgan fingerprint density at radius 3 is 2.43 bits per heavy atom. The highest BCUT2D eigenvalue weighted by Gasteiger charge is 2.24. The van der Waals surface area contributed by atoms with Gasteiger partial charge in [0.05, 0.1) is 10.6 Å². The number of anilines is 3. The Hall–Kier alpha value is -3.60. The van der Waals surface area contributed by atoms with Crippen LogP contribution in [0, 0.1) is 15.9 Å². The maximum absolute atomic E-state index is 13.8. The molecule has 1 heterocycles. The molecule has 0 aliphatic carbocycles. The lowest BCUT2D eigenvalue weighted by Crippen LogP contribution is -2.30. The number of rotatable bonds is 6. The number of carbonyl (C=O) groups is 1. The first-order chi connectivity index (χ1) is 13.5. The third-order valence-electron chi connectivity index (χ3n) is 3.53. The molecule has 1 aromatic heterocycles. The van der Waals surface area contributed by atoms with Crippen LogP contribution in [0.5, 0.6) is 0 Å². The molecule has 0 spiro atoms. The van der Waals surface area contributed by atoms with E-state index in [-0.39, 0.29) is 17.3 Å². The predicted octanol–water partition coefficient (Wildman–Crippen LogP) is 3.79. The normalized spacial score (nSPS) is 10.2. The van der Waals surface area contributed by atoms with Gasteiger partial charge in [-0.2, -0.15) is 0 Å². The number of aromatic nitrogens is 2. The van der Waals surface area contributed by atoms with Crippen molar-refractivity contribution in [2.75, 3.05) is 10.7 Å². The molecule has 0 unspecified atom stereocenters. The third-order valence-corrected chi connectivity index (χ3v) is 4.06. The van der Waals surface area contributed by atoms with Gasteiger partial charge >= 0.3 is 5.69 Å². The minimum atomic E-state index is -0.739. The first kappa shape index (κ1) is 19.2. The predicted molar refractivity (Wildman–Crippen MR) is 104 cm³/mol. The molecule has 0 saturated heterocycles. The van der Waals surface area contributed by atoms with Gasteiger partial charge in [0.2, 0.25) is 11.6 Å². The van der Waals surface area contributed by atoms with Crippen LogP contribution in [0.2, 0.25) is 0 Å². The standard InChI is InChI=1S/C17H12BrFN6O3/c18-11-7-5-10(6-8-11)17(26)24-23-16-14(25(27)28)15(20-9-21-16)22-13-4-2-1-3-12(13)19/h1-9H,(H,24,26)(H2,20,21,22,23). The Morgan fingerprint density at radius 1 is 1.07 bits per heavy atom. The number of benzene rings is 2. The van der Waals surface area contributed by atoms with E-state index in [1.807, 2.05) is 0 Å². The van der Waals surface area contributed by atoms with Gasteiger partial charge in [-0.1, -0.05) is 28.1 Å². The zero-order chi connectivity index (χ0) is 20.1. The van der Waals surface area contributed by atoms with Crippen LogP contribution in [0.3, 0.4) is 0 Å². The summed E-state index contributed by atoms with van der Waals surface area (Å²) in [7, 11) is 0. The van der Waals surface area contributed by atoms with Crippen LogP contribution in [0.4, 0.5) is 27.4 Å². The van der Waals surface area contributed by atoms with Crippen molar-refractivity contribution in [1.29, 1.82) is 0 Å². The monoisotopic (exact) mass is 446 g/mol. The van der Waals surface area contributed by atoms with Crippen molar-refractivity contribution in [2.24, 2.45) is 0 Å². The molecular formula is C17H12BrFN6O3. The zero-order valence-corrected chi connectivity index (χ0v) is 15.6. The molecule has 0 atom stereocenters. The highest BCUT2D eigenvalue weighted by Crippen LogP contribution is 2.31. The highest BCUT2D eigenvalue weighted by atomic mass is 79.9. The molecule has 9 nitrogen and oxygen atoms in total. The van der Waals surface area contributed by atoms with Gasteiger partial charge in [-0.15, -0.1) is 0 Å². The maximum atomic E-state index is 13.8. The summed E-state index contributed by atoms with van der Waals surface area (Å²) in [6.07, 6.45) is 1.05. The van der Waals surface area contributed by atoms with Gasteiger partial charge in [-0.25, -0.2) is 14.4 Å². The van der Waals surface area contributed by atoms with Crippen LogP contribution in [0.15, 0.2) is 59.3 Å². The smallest absolute Gasteiger partial charge is 0.332 e. The first-order valence-electron chi connectivity index (χ1n) is 7.78. The quantitative estimate of drug-likeness (QED) is 0.388. The topological polar surface area (TPSA) is 122 Å². The molecule has 3 aromatic rings. The van der Waals surface area contributed by atoms with Crippen LogP contribution in [-0.2, 0) is 0 Å². The van der Waals surface area contributed by atoms with E-state index in [4.69, 9.17) is 0 Å². The van der Waals surface area contributed by atoms with E-state index in [1.165, 1.54) is 18.2 Å². The molecule has 0 aliphatic rings. The van der Waals surface area contributed by atoms with Crippen LogP contribution in [0.25, 0.3) is 0 Å². The van der Waals surface area contributed by atoms with Crippen molar-refractivity contribution in [3.05, 3.63) is 80.8 Å². The number of carbonyl (C=O) groups excluding carboxylic acids is 1. The Morgan fingerprint density at radius 2 is 1.75 bits per heavy atom. The number of nitrogens with one attached hydrogen (secondary N) is 3. The summed E-state index contributed by atoms with van der Waals surface area (Å²) in [6.45, 7) is 0. The molecule has 3 rings (SSSR count). The van der Waals surface area contributed by atoms with Crippen molar-refractivity contribution < 1.29 is 14.1 Å². The van der Waals surface area contributed by atoms with E-state index in [9.17, 15) is 19.3 Å². The molecule has 0 saturated carbocycles. The van der Waals surface area contributed by atoms with Crippen molar-refractivity contribution in [1.82, 2.24) is 15.4 Å². The molecular weight excluding hydrogens is 435 g/mol. The second-order valence-corrected chi connectivity index (χ2v) is 6.28. The number of nitrogens with zero attached hydrogens (tertiary/aromatic N) is 3. The molecule has 0 aliphatic heterocycles. The third kappa shape index (κ3) is 4.38. The number of hydrogen-bond donors (Lipinski definition) is 3. The fourth-order valence-corrected chi connectivity index (χ4v) is 2.48. The second kappa shape index (κ2) is 8.39. The Balaban J connectivity index is 1.83. The van der Waals surface area contributed by atoms with Crippen LogP contribution < -0.4 is 16.2 Å². The van der Waals surface area contributed by atoms with Gasteiger partial charge in [-0.3, -0.25) is 25.8 Å². The molecule has 28 heavy (non-hydrogen) atoms. The minimum absolute atomic E-state index is 0.00847. The van der Waals surface area contributed by atoms with E-state index in [1.54, 1.807) is 30.3 Å². The fourth-order valence-electron chi connectivity index (χ4n) is 2.21. The lowest BCUT2D eigenvalue weighted by molar-refractivity contribution is -0.383. The lowest BCUT2D eigenvalue weighted by atomic mass is 10.2. The Kier molecular flexibility index (Phi) is 5.75. The molecule has 3 N–H and O–H groups in total. The van der Waals surface area contributed by atoms with Crippen LogP contribution in [0.1, 0.15) is 10.4 Å². The van der Waals surface area contributed by atoms with Crippen LogP contribution in [-0.4, -0.2) is 20.8 Å². The minimum Gasteiger partial charge on any atom is -0.332 e. The number of nitro groups is 1. The molecule has 142 valence electrons. The highest BCUT2D eigenvalue weighted by molar-refractivity contribution is 9.10. The Bertz CT molecular complexity index is 1030. The van der Waals surface area contributed by atoms with Crippen LogP contribution >= 0.6 is 15.9 Å². The fraction of sp³-hybridized carbons (Fsp3) is 0. The number of amides is 1. The molecule has 11 heteroatoms. The largest absolute Gasteiger partial charge is 0.355 e. The summed E-state index contributed by atoms with van der Waals surface area (Å²) in [5.41, 5.74) is 4.53. The average Bonchev–Trinajstić information content (AvgIpc) is 2.68. The van der Waals surface area contributed by atoms with E-state index in [0.717, 1.165) is 10.8 Å². The van der Waals surface area contributed by atoms with Gasteiger partial charge in [0, 0.05) is 10.0 Å². The van der Waals surface area contributed by atoms with Crippen molar-refractivity contribution in [2.45, 2.75) is 0 Å². The first-order valence-corrected chi connectivity index (χ1v) is 8.58. The molecule has 0 fully saturated rings. The summed E-state index contributed by atoms with van der Waals surface area (Å²) in [6, 6.07) is 12.2. The summed E-state index contributed by atoms with van der Waals surface area (Å²) >= 11 is 3.26. The van der Waals surface area contributed by atoms with E-state index >= 15 is 0 Å². The Labute approximate surface area is 166 Å². The van der Waals surface area contributed by atoms with Gasteiger partial charge < -0.3 is 5.32 Å². The van der Waals surface area contributed by atoms with E-state index < -0.39 is 22.3 Å². The van der Waals surface area contributed by atoms with Gasteiger partial charge in [0.25, 0.3) is 5.91 Å². The lowest BCUT2D eigenvalue weighted by Gasteiger charge is -2.11. The van der Waals surface area contributed by atoms with Crippen molar-refractivity contribution in [3.8, 4) is 0 Å². The molecule has 1 amide bonds. The zero-order valence-electron chi connectivity index (χ0n) is 14.0. The van der Waals surface area contributed by atoms with Crippen molar-refractivity contribution >= 4 is 44.8 Å². The van der Waals surface area contributed by atoms with Gasteiger partial charge in [0.15, 0.2) is 0 Å². The summed E-state index contributed by atoms with van der Waals surface area (Å²) < 4.78 is 14.6. The number of hydrogen-bond acceptors (Lipinski definition) is 7. The summed E-state index contributed by atoms with van der Waals surface area (Å²) in [5, 5.41) is 14.1. The SMILES string of the molecule is O=C(NNc1ncnc(Nc2ccccc2F)c1[N+](=O)[O-])c1ccc(Br)cc1.